The minimum Gasteiger partial charge on any atom is -0.347 e. The van der Waals surface area contributed by atoms with E-state index >= 15 is 0 Å². The van der Waals surface area contributed by atoms with E-state index in [4.69, 9.17) is 0 Å². The van der Waals surface area contributed by atoms with Gasteiger partial charge in [-0.25, -0.2) is 0 Å². The Labute approximate surface area is 189 Å². The zero-order chi connectivity index (χ0) is 22.0. The lowest BCUT2D eigenvalue weighted by Gasteiger charge is -2.35. The summed E-state index contributed by atoms with van der Waals surface area (Å²) in [6.45, 7) is 6.97. The van der Waals surface area contributed by atoms with Gasteiger partial charge < -0.3 is 9.80 Å². The van der Waals surface area contributed by atoms with Crippen LogP contribution in [-0.2, 0) is 26.2 Å². The Balaban J connectivity index is 1.62. The van der Waals surface area contributed by atoms with Crippen LogP contribution in [-0.4, -0.2) is 29.7 Å². The highest BCUT2D eigenvalue weighted by Crippen LogP contribution is 2.20. The van der Waals surface area contributed by atoms with Crippen LogP contribution in [0.2, 0.25) is 0 Å². The van der Waals surface area contributed by atoms with Gasteiger partial charge >= 0.3 is 0 Å². The molecule has 4 aromatic rings. The van der Waals surface area contributed by atoms with Crippen molar-refractivity contribution in [1.82, 2.24) is 29.7 Å². The molecule has 4 rings (SSSR count). The molecule has 0 radical (unpaired) electrons. The molecule has 0 aliphatic heterocycles. The number of hydrogen-bond acceptors (Lipinski definition) is 6. The maximum atomic E-state index is 4.52. The van der Waals surface area contributed by atoms with Gasteiger partial charge in [-0.1, -0.05) is 30.8 Å². The van der Waals surface area contributed by atoms with Crippen molar-refractivity contribution >= 4 is 0 Å². The van der Waals surface area contributed by atoms with Gasteiger partial charge in [-0.15, -0.1) is 0 Å². The highest BCUT2D eigenvalue weighted by atomic mass is 15.3. The molecular weight excluding hydrogens is 396 g/mol. The molecule has 0 aliphatic carbocycles. The van der Waals surface area contributed by atoms with Crippen LogP contribution in [0.1, 0.15) is 22.8 Å². The zero-order valence-corrected chi connectivity index (χ0v) is 18.0. The summed E-state index contributed by atoms with van der Waals surface area (Å²) in [6.07, 6.45) is 7.26. The molecule has 6 heteroatoms. The van der Waals surface area contributed by atoms with Gasteiger partial charge in [-0.3, -0.25) is 19.9 Å². The molecule has 0 spiro atoms. The third kappa shape index (κ3) is 5.98. The highest BCUT2D eigenvalue weighted by molar-refractivity contribution is 5.13. The minimum absolute atomic E-state index is 0.622. The van der Waals surface area contributed by atoms with Crippen LogP contribution in [0, 0.1) is 0 Å². The topological polar surface area (TPSA) is 58.0 Å². The van der Waals surface area contributed by atoms with Gasteiger partial charge in [0.2, 0.25) is 0 Å². The van der Waals surface area contributed by atoms with Crippen molar-refractivity contribution in [2.45, 2.75) is 26.2 Å². The normalized spacial score (nSPS) is 10.5. The molecule has 0 saturated carbocycles. The lowest BCUT2D eigenvalue weighted by Crippen LogP contribution is -2.34. The first-order valence-electron chi connectivity index (χ1n) is 10.6. The van der Waals surface area contributed by atoms with Gasteiger partial charge in [0.05, 0.1) is 54.8 Å². The molecule has 0 aromatic carbocycles. The Bertz CT molecular complexity index is 916. The van der Waals surface area contributed by atoms with Crippen LogP contribution in [0.15, 0.2) is 110 Å². The van der Waals surface area contributed by atoms with Gasteiger partial charge in [-0.2, -0.15) is 0 Å². The Morgan fingerprint density at radius 1 is 0.500 bits per heavy atom. The quantitative estimate of drug-likeness (QED) is 0.377. The van der Waals surface area contributed by atoms with Crippen molar-refractivity contribution in [2.24, 2.45) is 0 Å². The maximum Gasteiger partial charge on any atom is 0.0979 e. The van der Waals surface area contributed by atoms with Crippen molar-refractivity contribution in [3.8, 4) is 0 Å². The molecule has 0 N–H and O–H groups in total. The summed E-state index contributed by atoms with van der Waals surface area (Å²) in [7, 11) is 0. The molecular formula is C26H26N6. The van der Waals surface area contributed by atoms with E-state index in [1.165, 1.54) is 0 Å². The number of nitrogens with zero attached hydrogens (tertiary/aromatic N) is 6. The second-order valence-electron chi connectivity index (χ2n) is 7.41. The second kappa shape index (κ2) is 10.8. The monoisotopic (exact) mass is 422 g/mol. The standard InChI is InChI=1S/C26H26N6/c1-22(31(18-23-10-2-6-14-27-23)19-24-11-3-7-15-28-24)32(20-25-12-4-8-16-29-25)21-26-13-5-9-17-30-26/h2-17H,1,18-21H2. The smallest absolute Gasteiger partial charge is 0.0979 e. The van der Waals surface area contributed by atoms with E-state index in [0.717, 1.165) is 28.6 Å². The van der Waals surface area contributed by atoms with E-state index in [2.05, 4.69) is 36.3 Å². The third-order valence-corrected chi connectivity index (χ3v) is 5.05. The van der Waals surface area contributed by atoms with E-state index in [0.29, 0.717) is 26.2 Å². The first-order valence-corrected chi connectivity index (χ1v) is 10.6. The van der Waals surface area contributed by atoms with Crippen LogP contribution >= 0.6 is 0 Å². The van der Waals surface area contributed by atoms with Gasteiger partial charge in [0.15, 0.2) is 0 Å². The first-order chi connectivity index (χ1) is 15.8. The van der Waals surface area contributed by atoms with Crippen LogP contribution < -0.4 is 0 Å². The summed E-state index contributed by atoms with van der Waals surface area (Å²) < 4.78 is 0. The van der Waals surface area contributed by atoms with Crippen molar-refractivity contribution in [2.75, 3.05) is 0 Å². The second-order valence-corrected chi connectivity index (χ2v) is 7.41. The predicted octanol–water partition coefficient (Wildman–Crippen LogP) is 4.44. The van der Waals surface area contributed by atoms with E-state index in [1.807, 2.05) is 97.6 Å². The van der Waals surface area contributed by atoms with Gasteiger partial charge in [0, 0.05) is 24.8 Å². The molecule has 0 bridgehead atoms. The Morgan fingerprint density at radius 2 is 0.781 bits per heavy atom. The molecule has 32 heavy (non-hydrogen) atoms. The van der Waals surface area contributed by atoms with Crippen molar-refractivity contribution in [1.29, 1.82) is 0 Å². The van der Waals surface area contributed by atoms with Gasteiger partial charge in [0.1, 0.15) is 0 Å². The number of aromatic nitrogens is 4. The summed E-state index contributed by atoms with van der Waals surface area (Å²) in [5, 5.41) is 0. The molecule has 0 unspecified atom stereocenters. The maximum absolute atomic E-state index is 4.52. The van der Waals surface area contributed by atoms with Crippen LogP contribution in [0.5, 0.6) is 0 Å². The van der Waals surface area contributed by atoms with E-state index in [9.17, 15) is 0 Å². The summed E-state index contributed by atoms with van der Waals surface area (Å²) in [4.78, 5) is 22.5. The molecule has 4 heterocycles. The zero-order valence-electron chi connectivity index (χ0n) is 18.0. The van der Waals surface area contributed by atoms with E-state index in [1.54, 1.807) is 0 Å². The Kier molecular flexibility index (Phi) is 7.16. The summed E-state index contributed by atoms with van der Waals surface area (Å²) >= 11 is 0. The van der Waals surface area contributed by atoms with Gasteiger partial charge in [-0.05, 0) is 48.5 Å². The summed E-state index contributed by atoms with van der Waals surface area (Å²) in [6, 6.07) is 23.8. The minimum atomic E-state index is 0.622. The average Bonchev–Trinajstić information content (AvgIpc) is 2.85. The van der Waals surface area contributed by atoms with Crippen LogP contribution in [0.25, 0.3) is 0 Å². The van der Waals surface area contributed by atoms with Crippen LogP contribution in [0.3, 0.4) is 0 Å². The number of hydrogen-bond donors (Lipinski definition) is 0. The van der Waals surface area contributed by atoms with Crippen molar-refractivity contribution in [3.63, 3.8) is 0 Å². The lowest BCUT2D eigenvalue weighted by molar-refractivity contribution is 0.181. The molecule has 0 atom stereocenters. The molecule has 6 nitrogen and oxygen atoms in total. The third-order valence-electron chi connectivity index (χ3n) is 5.05. The predicted molar refractivity (Wildman–Crippen MR) is 125 cm³/mol. The summed E-state index contributed by atoms with van der Waals surface area (Å²) in [5.74, 6) is 0.873. The number of rotatable bonds is 10. The highest BCUT2D eigenvalue weighted by Gasteiger charge is 2.18. The number of pyridine rings is 4. The fraction of sp³-hybridized carbons (Fsp3) is 0.154. The fourth-order valence-corrected chi connectivity index (χ4v) is 3.43. The SMILES string of the molecule is C=C(N(Cc1ccccn1)Cc1ccccn1)N(Cc1ccccn1)Cc1ccccn1. The molecule has 160 valence electrons. The lowest BCUT2D eigenvalue weighted by atomic mass is 10.2. The molecule has 4 aromatic heterocycles. The van der Waals surface area contributed by atoms with E-state index < -0.39 is 0 Å². The van der Waals surface area contributed by atoms with Gasteiger partial charge in [0.25, 0.3) is 0 Å². The van der Waals surface area contributed by atoms with Crippen molar-refractivity contribution < 1.29 is 0 Å². The first kappa shape index (κ1) is 21.2. The van der Waals surface area contributed by atoms with Crippen LogP contribution in [0.4, 0.5) is 0 Å². The molecule has 0 aliphatic rings. The Morgan fingerprint density at radius 3 is 1.00 bits per heavy atom. The average molecular weight is 423 g/mol. The molecule has 0 amide bonds. The van der Waals surface area contributed by atoms with E-state index in [-0.39, 0.29) is 0 Å². The summed E-state index contributed by atoms with van der Waals surface area (Å²) in [5.41, 5.74) is 3.89. The molecule has 0 fully saturated rings. The van der Waals surface area contributed by atoms with Crippen molar-refractivity contribution in [3.05, 3.63) is 133 Å². The molecule has 0 saturated heterocycles. The fourth-order valence-electron chi connectivity index (χ4n) is 3.43. The Hall–Kier alpha value is -4.06. The largest absolute Gasteiger partial charge is 0.347 e.